The van der Waals surface area contributed by atoms with Crippen LogP contribution < -0.4 is 5.73 Å². The SMILES string of the molecule is Cc1cc(N)nc(-c2ccc3nccnc3c2)n1. The zero-order chi connectivity index (χ0) is 12.5. The third kappa shape index (κ3) is 1.86. The molecule has 1 aromatic carbocycles. The predicted molar refractivity (Wildman–Crippen MR) is 69.7 cm³/mol. The molecule has 0 aliphatic heterocycles. The molecule has 2 aromatic heterocycles. The first-order valence-corrected chi connectivity index (χ1v) is 5.55. The lowest BCUT2D eigenvalue weighted by molar-refractivity contribution is 1.12. The summed E-state index contributed by atoms with van der Waals surface area (Å²) in [5.74, 6) is 1.08. The minimum absolute atomic E-state index is 0.469. The highest BCUT2D eigenvalue weighted by atomic mass is 14.9. The molecule has 0 atom stereocenters. The summed E-state index contributed by atoms with van der Waals surface area (Å²) in [5.41, 5.74) is 9.13. The van der Waals surface area contributed by atoms with Gasteiger partial charge in [-0.2, -0.15) is 0 Å². The smallest absolute Gasteiger partial charge is 0.161 e. The largest absolute Gasteiger partial charge is 0.384 e. The highest BCUT2D eigenvalue weighted by Gasteiger charge is 2.05. The van der Waals surface area contributed by atoms with Gasteiger partial charge in [0.25, 0.3) is 0 Å². The topological polar surface area (TPSA) is 77.6 Å². The molecule has 0 spiro atoms. The first-order chi connectivity index (χ1) is 8.72. The summed E-state index contributed by atoms with van der Waals surface area (Å²) in [6, 6.07) is 7.48. The Balaban J connectivity index is 2.19. The molecule has 0 aliphatic rings. The van der Waals surface area contributed by atoms with Gasteiger partial charge in [-0.1, -0.05) is 0 Å². The number of aromatic nitrogens is 4. The fraction of sp³-hybridized carbons (Fsp3) is 0.0769. The van der Waals surface area contributed by atoms with Gasteiger partial charge in [0, 0.05) is 29.7 Å². The summed E-state index contributed by atoms with van der Waals surface area (Å²) in [5, 5.41) is 0. The number of nitrogen functional groups attached to an aromatic ring is 1. The summed E-state index contributed by atoms with van der Waals surface area (Å²) in [7, 11) is 0. The van der Waals surface area contributed by atoms with E-state index in [0.29, 0.717) is 11.6 Å². The molecule has 3 aromatic rings. The molecular formula is C13H11N5. The maximum atomic E-state index is 5.73. The van der Waals surface area contributed by atoms with Gasteiger partial charge in [0.1, 0.15) is 5.82 Å². The lowest BCUT2D eigenvalue weighted by Gasteiger charge is -2.04. The summed E-state index contributed by atoms with van der Waals surface area (Å²) < 4.78 is 0. The van der Waals surface area contributed by atoms with E-state index in [0.717, 1.165) is 22.3 Å². The van der Waals surface area contributed by atoms with E-state index in [1.165, 1.54) is 0 Å². The van der Waals surface area contributed by atoms with Crippen molar-refractivity contribution in [2.24, 2.45) is 0 Å². The molecular weight excluding hydrogens is 226 g/mol. The third-order valence-corrected chi connectivity index (χ3v) is 2.60. The van der Waals surface area contributed by atoms with Crippen molar-refractivity contribution in [1.29, 1.82) is 0 Å². The van der Waals surface area contributed by atoms with Gasteiger partial charge in [-0.25, -0.2) is 9.97 Å². The number of nitrogens with two attached hydrogens (primary N) is 1. The number of rotatable bonds is 1. The van der Waals surface area contributed by atoms with Gasteiger partial charge in [0.2, 0.25) is 0 Å². The Bertz CT molecular complexity index is 703. The van der Waals surface area contributed by atoms with Gasteiger partial charge < -0.3 is 5.73 Å². The van der Waals surface area contributed by atoms with Crippen molar-refractivity contribution in [2.75, 3.05) is 5.73 Å². The summed E-state index contributed by atoms with van der Waals surface area (Å²) in [4.78, 5) is 17.1. The van der Waals surface area contributed by atoms with Crippen molar-refractivity contribution in [3.05, 3.63) is 42.4 Å². The van der Waals surface area contributed by atoms with Crippen LogP contribution in [0.1, 0.15) is 5.69 Å². The Labute approximate surface area is 104 Å². The van der Waals surface area contributed by atoms with Crippen LogP contribution in [0, 0.1) is 6.92 Å². The summed E-state index contributed by atoms with van der Waals surface area (Å²) >= 11 is 0. The van der Waals surface area contributed by atoms with Crippen LogP contribution in [-0.2, 0) is 0 Å². The molecule has 0 saturated heterocycles. The Hall–Kier alpha value is -2.56. The van der Waals surface area contributed by atoms with Gasteiger partial charge in [-0.3, -0.25) is 9.97 Å². The quantitative estimate of drug-likeness (QED) is 0.700. The second kappa shape index (κ2) is 4.03. The lowest BCUT2D eigenvalue weighted by Crippen LogP contribution is -1.97. The minimum atomic E-state index is 0.469. The molecule has 0 bridgehead atoms. The number of nitrogens with zero attached hydrogens (tertiary/aromatic N) is 4. The van der Waals surface area contributed by atoms with Gasteiger partial charge in [-0.15, -0.1) is 0 Å². The molecule has 88 valence electrons. The predicted octanol–water partition coefficient (Wildman–Crippen LogP) is 1.98. The van der Waals surface area contributed by atoms with E-state index in [4.69, 9.17) is 5.73 Å². The Morgan fingerprint density at radius 1 is 0.944 bits per heavy atom. The van der Waals surface area contributed by atoms with Crippen molar-refractivity contribution in [3.63, 3.8) is 0 Å². The van der Waals surface area contributed by atoms with Gasteiger partial charge in [0.15, 0.2) is 5.82 Å². The molecule has 5 heteroatoms. The highest BCUT2D eigenvalue weighted by Crippen LogP contribution is 2.20. The monoisotopic (exact) mass is 237 g/mol. The molecule has 0 fully saturated rings. The fourth-order valence-electron chi connectivity index (χ4n) is 1.82. The fourth-order valence-corrected chi connectivity index (χ4v) is 1.82. The zero-order valence-electron chi connectivity index (χ0n) is 9.83. The molecule has 3 rings (SSSR count). The standard InChI is InChI=1S/C13H11N5/c1-8-6-12(14)18-13(17-8)9-2-3-10-11(7-9)16-5-4-15-10/h2-7H,1H3,(H2,14,17,18). The lowest BCUT2D eigenvalue weighted by atomic mass is 10.2. The maximum Gasteiger partial charge on any atom is 0.161 e. The van der Waals surface area contributed by atoms with Gasteiger partial charge >= 0.3 is 0 Å². The number of hydrogen-bond donors (Lipinski definition) is 1. The van der Waals surface area contributed by atoms with E-state index in [9.17, 15) is 0 Å². The Morgan fingerprint density at radius 2 is 1.72 bits per heavy atom. The van der Waals surface area contributed by atoms with E-state index in [1.807, 2.05) is 25.1 Å². The average molecular weight is 237 g/mol. The van der Waals surface area contributed by atoms with Crippen molar-refractivity contribution >= 4 is 16.9 Å². The van der Waals surface area contributed by atoms with Crippen LogP contribution >= 0.6 is 0 Å². The van der Waals surface area contributed by atoms with Gasteiger partial charge in [-0.05, 0) is 25.1 Å². The normalized spacial score (nSPS) is 10.7. The second-order valence-electron chi connectivity index (χ2n) is 4.02. The van der Waals surface area contributed by atoms with Crippen molar-refractivity contribution in [2.45, 2.75) is 6.92 Å². The van der Waals surface area contributed by atoms with E-state index in [2.05, 4.69) is 19.9 Å². The van der Waals surface area contributed by atoms with Crippen LogP contribution in [0.5, 0.6) is 0 Å². The minimum Gasteiger partial charge on any atom is -0.384 e. The number of benzene rings is 1. The molecule has 2 heterocycles. The first-order valence-electron chi connectivity index (χ1n) is 5.55. The third-order valence-electron chi connectivity index (χ3n) is 2.60. The molecule has 0 amide bonds. The molecule has 0 saturated carbocycles. The first kappa shape index (κ1) is 10.6. The van der Waals surface area contributed by atoms with Crippen LogP contribution in [0.2, 0.25) is 0 Å². The zero-order valence-corrected chi connectivity index (χ0v) is 9.83. The molecule has 18 heavy (non-hydrogen) atoms. The van der Waals surface area contributed by atoms with Crippen LogP contribution in [0.25, 0.3) is 22.4 Å². The molecule has 2 N–H and O–H groups in total. The van der Waals surface area contributed by atoms with E-state index < -0.39 is 0 Å². The molecule has 5 nitrogen and oxygen atoms in total. The summed E-state index contributed by atoms with van der Waals surface area (Å²) in [6.07, 6.45) is 3.33. The molecule has 0 radical (unpaired) electrons. The highest BCUT2D eigenvalue weighted by molar-refractivity contribution is 5.79. The van der Waals surface area contributed by atoms with Crippen molar-refractivity contribution in [1.82, 2.24) is 19.9 Å². The molecule has 0 unspecified atom stereocenters. The molecule has 0 aliphatic carbocycles. The number of aryl methyl sites for hydroxylation is 1. The average Bonchev–Trinajstić information content (AvgIpc) is 2.37. The van der Waals surface area contributed by atoms with Crippen LogP contribution in [0.15, 0.2) is 36.7 Å². The second-order valence-corrected chi connectivity index (χ2v) is 4.02. The summed E-state index contributed by atoms with van der Waals surface area (Å²) in [6.45, 7) is 1.89. The number of anilines is 1. The van der Waals surface area contributed by atoms with Crippen LogP contribution in [0.3, 0.4) is 0 Å². The van der Waals surface area contributed by atoms with Crippen molar-refractivity contribution < 1.29 is 0 Å². The Kier molecular flexibility index (Phi) is 2.37. The number of fused-ring (bicyclic) bond motifs is 1. The van der Waals surface area contributed by atoms with Crippen molar-refractivity contribution in [3.8, 4) is 11.4 Å². The van der Waals surface area contributed by atoms with E-state index >= 15 is 0 Å². The number of hydrogen-bond acceptors (Lipinski definition) is 5. The van der Waals surface area contributed by atoms with Gasteiger partial charge in [0.05, 0.1) is 11.0 Å². The van der Waals surface area contributed by atoms with Crippen LogP contribution in [0.4, 0.5) is 5.82 Å². The Morgan fingerprint density at radius 3 is 2.50 bits per heavy atom. The van der Waals surface area contributed by atoms with E-state index in [-0.39, 0.29) is 0 Å². The van der Waals surface area contributed by atoms with E-state index in [1.54, 1.807) is 18.5 Å². The van der Waals surface area contributed by atoms with Crippen LogP contribution in [-0.4, -0.2) is 19.9 Å². The maximum absolute atomic E-state index is 5.73.